The summed E-state index contributed by atoms with van der Waals surface area (Å²) in [5.74, 6) is 0.624. The molecule has 0 radical (unpaired) electrons. The van der Waals surface area contributed by atoms with Gasteiger partial charge >= 0.3 is 0 Å². The number of furan rings is 1. The minimum absolute atomic E-state index is 0.117. The Balaban J connectivity index is 1.62. The van der Waals surface area contributed by atoms with E-state index in [9.17, 15) is 9.59 Å². The van der Waals surface area contributed by atoms with Gasteiger partial charge in [0.1, 0.15) is 5.76 Å². The van der Waals surface area contributed by atoms with Gasteiger partial charge in [-0.2, -0.15) is 0 Å². The van der Waals surface area contributed by atoms with Crippen LogP contribution in [0.25, 0.3) is 10.9 Å². The van der Waals surface area contributed by atoms with E-state index in [4.69, 9.17) is 16.0 Å². The van der Waals surface area contributed by atoms with E-state index in [0.29, 0.717) is 32.5 Å². The third kappa shape index (κ3) is 4.27. The molecule has 0 atom stereocenters. The summed E-state index contributed by atoms with van der Waals surface area (Å²) in [6.45, 7) is 0.240. The van der Waals surface area contributed by atoms with Crippen molar-refractivity contribution in [3.63, 3.8) is 0 Å². The van der Waals surface area contributed by atoms with Gasteiger partial charge in [0.2, 0.25) is 5.91 Å². The summed E-state index contributed by atoms with van der Waals surface area (Å²) >= 11 is 7.25. The molecule has 2 aromatic carbocycles. The second-order valence-electron chi connectivity index (χ2n) is 6.60. The molecule has 152 valence electrons. The number of carbonyl (C=O) groups excluding carboxylic acids is 1. The highest BCUT2D eigenvalue weighted by Crippen LogP contribution is 2.22. The van der Waals surface area contributed by atoms with Crippen LogP contribution in [0.4, 0.5) is 5.69 Å². The second kappa shape index (κ2) is 8.77. The minimum Gasteiger partial charge on any atom is -0.467 e. The van der Waals surface area contributed by atoms with Gasteiger partial charge in [-0.05, 0) is 42.5 Å². The quantitative estimate of drug-likeness (QED) is 0.328. The summed E-state index contributed by atoms with van der Waals surface area (Å²) in [5, 5.41) is 1.54. The molecule has 0 aliphatic heterocycles. The van der Waals surface area contributed by atoms with E-state index in [1.807, 2.05) is 12.1 Å². The van der Waals surface area contributed by atoms with Gasteiger partial charge in [0.25, 0.3) is 5.56 Å². The fraction of sp³-hybridized carbons (Fsp3) is 0.136. The molecule has 0 fully saturated rings. The van der Waals surface area contributed by atoms with E-state index in [1.54, 1.807) is 66.4 Å². The maximum absolute atomic E-state index is 13.1. The maximum atomic E-state index is 13.1. The average molecular weight is 440 g/mol. The zero-order valence-electron chi connectivity index (χ0n) is 16.1. The number of amides is 1. The number of hydrogen-bond acceptors (Lipinski definition) is 5. The maximum Gasteiger partial charge on any atom is 0.262 e. The first-order valence-electron chi connectivity index (χ1n) is 9.20. The molecule has 4 rings (SSSR count). The van der Waals surface area contributed by atoms with E-state index < -0.39 is 0 Å². The molecule has 0 spiro atoms. The number of nitrogens with zero attached hydrogens (tertiary/aromatic N) is 3. The molecule has 0 bridgehead atoms. The van der Waals surface area contributed by atoms with Crippen molar-refractivity contribution in [3.05, 3.63) is 88.1 Å². The van der Waals surface area contributed by atoms with Crippen LogP contribution in [0.2, 0.25) is 5.02 Å². The van der Waals surface area contributed by atoms with Gasteiger partial charge in [-0.3, -0.25) is 14.2 Å². The fourth-order valence-electron chi connectivity index (χ4n) is 3.01. The summed E-state index contributed by atoms with van der Waals surface area (Å²) in [7, 11) is 1.69. The van der Waals surface area contributed by atoms with Crippen LogP contribution in [0.1, 0.15) is 5.76 Å². The van der Waals surface area contributed by atoms with Crippen LogP contribution in [0.5, 0.6) is 0 Å². The van der Waals surface area contributed by atoms with Crippen molar-refractivity contribution in [2.75, 3.05) is 17.7 Å². The van der Waals surface area contributed by atoms with E-state index in [0.717, 1.165) is 0 Å². The number of hydrogen-bond donors (Lipinski definition) is 0. The Labute approximate surface area is 182 Å². The molecule has 0 N–H and O–H groups in total. The van der Waals surface area contributed by atoms with Gasteiger partial charge in [-0.15, -0.1) is 0 Å². The number of aromatic nitrogens is 2. The molecule has 0 saturated heterocycles. The van der Waals surface area contributed by atoms with E-state index in [-0.39, 0.29) is 23.8 Å². The largest absolute Gasteiger partial charge is 0.467 e. The van der Waals surface area contributed by atoms with Gasteiger partial charge in [0.15, 0.2) is 5.16 Å². The van der Waals surface area contributed by atoms with Gasteiger partial charge in [0.05, 0.1) is 29.5 Å². The van der Waals surface area contributed by atoms with Gasteiger partial charge in [-0.1, -0.05) is 41.6 Å². The zero-order valence-corrected chi connectivity index (χ0v) is 17.7. The van der Waals surface area contributed by atoms with Crippen molar-refractivity contribution in [2.24, 2.45) is 0 Å². The van der Waals surface area contributed by atoms with Gasteiger partial charge < -0.3 is 9.32 Å². The van der Waals surface area contributed by atoms with E-state index in [1.165, 1.54) is 16.7 Å². The Morgan fingerprint density at radius 1 is 1.17 bits per heavy atom. The number of anilines is 1. The molecular formula is C22H18ClN3O3S. The van der Waals surface area contributed by atoms with Crippen molar-refractivity contribution in [1.82, 2.24) is 9.55 Å². The molecule has 2 heterocycles. The monoisotopic (exact) mass is 439 g/mol. The summed E-state index contributed by atoms with van der Waals surface area (Å²) in [6, 6.07) is 17.8. The smallest absolute Gasteiger partial charge is 0.262 e. The number of carbonyl (C=O) groups is 1. The van der Waals surface area contributed by atoms with Crippen molar-refractivity contribution in [3.8, 4) is 0 Å². The molecule has 0 aliphatic carbocycles. The van der Waals surface area contributed by atoms with Crippen LogP contribution in [-0.2, 0) is 11.3 Å². The number of halogens is 1. The second-order valence-corrected chi connectivity index (χ2v) is 7.98. The van der Waals surface area contributed by atoms with Crippen LogP contribution >= 0.6 is 23.4 Å². The number of para-hydroxylation sites is 1. The molecule has 6 nitrogen and oxygen atoms in total. The summed E-state index contributed by atoms with van der Waals surface area (Å²) in [4.78, 5) is 32.0. The van der Waals surface area contributed by atoms with Crippen molar-refractivity contribution < 1.29 is 9.21 Å². The highest BCUT2D eigenvalue weighted by atomic mass is 35.5. The SMILES string of the molecule is CN(C(=O)CSc1nc2ccccc2c(=O)n1Cc1ccco1)c1cccc(Cl)c1. The summed E-state index contributed by atoms with van der Waals surface area (Å²) in [5.41, 5.74) is 1.12. The topological polar surface area (TPSA) is 68.3 Å². The van der Waals surface area contributed by atoms with Crippen LogP contribution in [0.3, 0.4) is 0 Å². The third-order valence-electron chi connectivity index (χ3n) is 4.62. The number of fused-ring (bicyclic) bond motifs is 1. The standard InChI is InChI=1S/C22H18ClN3O3S/c1-25(16-7-4-6-15(23)12-16)20(27)14-30-22-24-19-10-3-2-9-18(19)21(28)26(22)13-17-8-5-11-29-17/h2-12H,13-14H2,1H3. The van der Waals surface area contributed by atoms with E-state index >= 15 is 0 Å². The Morgan fingerprint density at radius 2 is 2.00 bits per heavy atom. The Bertz CT molecular complexity index is 1250. The molecule has 30 heavy (non-hydrogen) atoms. The van der Waals surface area contributed by atoms with Crippen LogP contribution in [0.15, 0.2) is 81.3 Å². The molecule has 0 saturated carbocycles. The Morgan fingerprint density at radius 3 is 2.77 bits per heavy atom. The number of thioether (sulfide) groups is 1. The Kier molecular flexibility index (Phi) is 5.92. The number of benzene rings is 2. The van der Waals surface area contributed by atoms with Gasteiger partial charge in [-0.25, -0.2) is 4.98 Å². The lowest BCUT2D eigenvalue weighted by Gasteiger charge is -2.18. The first-order valence-corrected chi connectivity index (χ1v) is 10.6. The predicted molar refractivity (Wildman–Crippen MR) is 119 cm³/mol. The first-order chi connectivity index (χ1) is 14.5. The first kappa shape index (κ1) is 20.3. The minimum atomic E-state index is -0.171. The van der Waals surface area contributed by atoms with Crippen molar-refractivity contribution in [1.29, 1.82) is 0 Å². The molecule has 2 aromatic heterocycles. The highest BCUT2D eigenvalue weighted by molar-refractivity contribution is 7.99. The molecule has 8 heteroatoms. The zero-order chi connectivity index (χ0) is 21.1. The molecule has 1 amide bonds. The fourth-order valence-corrected chi connectivity index (χ4v) is 4.10. The molecule has 0 unspecified atom stereocenters. The normalized spacial score (nSPS) is 11.0. The predicted octanol–water partition coefficient (Wildman–Crippen LogP) is 4.45. The van der Waals surface area contributed by atoms with E-state index in [2.05, 4.69) is 4.98 Å². The molecular weight excluding hydrogens is 422 g/mol. The van der Waals surface area contributed by atoms with Crippen LogP contribution in [-0.4, -0.2) is 28.3 Å². The van der Waals surface area contributed by atoms with Crippen molar-refractivity contribution >= 4 is 45.9 Å². The molecule has 0 aliphatic rings. The Hall–Kier alpha value is -3.03. The number of rotatable bonds is 6. The lowest BCUT2D eigenvalue weighted by molar-refractivity contribution is -0.115. The van der Waals surface area contributed by atoms with Gasteiger partial charge in [0, 0.05) is 17.8 Å². The van der Waals surface area contributed by atoms with Crippen LogP contribution < -0.4 is 10.5 Å². The van der Waals surface area contributed by atoms with Crippen molar-refractivity contribution in [2.45, 2.75) is 11.7 Å². The lowest BCUT2D eigenvalue weighted by atomic mass is 10.2. The highest BCUT2D eigenvalue weighted by Gasteiger charge is 2.17. The summed E-state index contributed by atoms with van der Waals surface area (Å²) in [6.07, 6.45) is 1.56. The average Bonchev–Trinajstić information content (AvgIpc) is 3.27. The van der Waals surface area contributed by atoms with Crippen LogP contribution in [0, 0.1) is 0 Å². The lowest BCUT2D eigenvalue weighted by Crippen LogP contribution is -2.29. The summed E-state index contributed by atoms with van der Waals surface area (Å²) < 4.78 is 6.95. The molecule has 4 aromatic rings. The third-order valence-corrected chi connectivity index (χ3v) is 5.81.